The second-order valence-corrected chi connectivity index (χ2v) is 4.00. The van der Waals surface area contributed by atoms with Crippen molar-refractivity contribution in [2.45, 2.75) is 13.8 Å². The van der Waals surface area contributed by atoms with E-state index in [1.807, 2.05) is 0 Å². The number of carbonyl (C=O) groups excluding carboxylic acids is 2. The Labute approximate surface area is 129 Å². The lowest BCUT2D eigenvalue weighted by molar-refractivity contribution is -0.137. The summed E-state index contributed by atoms with van der Waals surface area (Å²) in [6.45, 7) is 3.86. The Kier molecular flexibility index (Phi) is 7.39. The third-order valence-electron chi connectivity index (χ3n) is 2.47. The molecule has 22 heavy (non-hydrogen) atoms. The van der Waals surface area contributed by atoms with Crippen molar-refractivity contribution < 1.29 is 23.8 Å². The first kappa shape index (κ1) is 17.4. The van der Waals surface area contributed by atoms with Gasteiger partial charge in [0.25, 0.3) is 0 Å². The third kappa shape index (κ3) is 5.78. The lowest BCUT2D eigenvalue weighted by atomic mass is 10.3. The van der Waals surface area contributed by atoms with Gasteiger partial charge in [-0.1, -0.05) is 0 Å². The third-order valence-corrected chi connectivity index (χ3v) is 2.47. The number of methoxy groups -OCH3 is 1. The van der Waals surface area contributed by atoms with E-state index in [2.05, 4.69) is 4.99 Å². The van der Waals surface area contributed by atoms with Crippen LogP contribution in [0.3, 0.4) is 0 Å². The van der Waals surface area contributed by atoms with Gasteiger partial charge in [0.2, 0.25) is 0 Å². The van der Waals surface area contributed by atoms with Crippen molar-refractivity contribution in [3.8, 4) is 5.75 Å². The Hall–Kier alpha value is -2.63. The highest BCUT2D eigenvalue weighted by Crippen LogP contribution is 2.18. The summed E-state index contributed by atoms with van der Waals surface area (Å²) >= 11 is 0. The Balaban J connectivity index is 2.99. The highest BCUT2D eigenvalue weighted by Gasteiger charge is 2.10. The molecule has 0 heterocycles. The average molecular weight is 305 g/mol. The zero-order valence-corrected chi connectivity index (χ0v) is 12.9. The summed E-state index contributed by atoms with van der Waals surface area (Å²) in [5.74, 6) is -0.480. The number of hydrogen-bond donors (Lipinski definition) is 0. The van der Waals surface area contributed by atoms with Gasteiger partial charge in [-0.05, 0) is 44.2 Å². The standard InChI is InChI=1S/C16H19NO5/c1-4-21-15(18)11-10-14(16(19)22-5-2)17-12-6-8-13(20-3)9-7-12/h6-11H,4-5H2,1-3H3/b11-10+,17-14?. The van der Waals surface area contributed by atoms with Crippen molar-refractivity contribution in [1.29, 1.82) is 0 Å². The topological polar surface area (TPSA) is 74.2 Å². The minimum atomic E-state index is -0.612. The van der Waals surface area contributed by atoms with Crippen molar-refractivity contribution in [2.75, 3.05) is 20.3 Å². The molecule has 0 aliphatic rings. The van der Waals surface area contributed by atoms with E-state index in [-0.39, 0.29) is 18.9 Å². The van der Waals surface area contributed by atoms with Crippen LogP contribution in [-0.4, -0.2) is 38.0 Å². The van der Waals surface area contributed by atoms with Crippen LogP contribution in [0.15, 0.2) is 41.4 Å². The first-order valence-electron chi connectivity index (χ1n) is 6.85. The highest BCUT2D eigenvalue weighted by atomic mass is 16.5. The SMILES string of the molecule is CCOC(=O)/C=C/C(=Nc1ccc(OC)cc1)C(=O)OCC. The van der Waals surface area contributed by atoms with Crippen LogP contribution in [0, 0.1) is 0 Å². The molecular formula is C16H19NO5. The van der Waals surface area contributed by atoms with E-state index < -0.39 is 11.9 Å². The molecule has 0 N–H and O–H groups in total. The van der Waals surface area contributed by atoms with E-state index in [1.54, 1.807) is 45.2 Å². The summed E-state index contributed by atoms with van der Waals surface area (Å²) in [5.41, 5.74) is 0.553. The lowest BCUT2D eigenvalue weighted by Crippen LogP contribution is -2.15. The van der Waals surface area contributed by atoms with Crippen LogP contribution >= 0.6 is 0 Å². The van der Waals surface area contributed by atoms with E-state index >= 15 is 0 Å². The minimum absolute atomic E-state index is 0.0140. The molecular weight excluding hydrogens is 286 g/mol. The maximum Gasteiger partial charge on any atom is 0.356 e. The predicted molar refractivity (Wildman–Crippen MR) is 82.5 cm³/mol. The van der Waals surface area contributed by atoms with Crippen molar-refractivity contribution in [2.24, 2.45) is 4.99 Å². The number of carbonyl (C=O) groups is 2. The van der Waals surface area contributed by atoms with E-state index in [9.17, 15) is 9.59 Å². The molecule has 1 rings (SSSR count). The van der Waals surface area contributed by atoms with Gasteiger partial charge in [-0.25, -0.2) is 14.6 Å². The smallest absolute Gasteiger partial charge is 0.356 e. The van der Waals surface area contributed by atoms with Gasteiger partial charge >= 0.3 is 11.9 Å². The number of nitrogens with zero attached hydrogens (tertiary/aromatic N) is 1. The number of benzene rings is 1. The van der Waals surface area contributed by atoms with E-state index in [0.29, 0.717) is 11.4 Å². The monoisotopic (exact) mass is 305 g/mol. The molecule has 118 valence electrons. The normalized spacial score (nSPS) is 11.3. The minimum Gasteiger partial charge on any atom is -0.497 e. The molecule has 0 aromatic heterocycles. The molecule has 6 heteroatoms. The van der Waals surface area contributed by atoms with E-state index in [4.69, 9.17) is 14.2 Å². The summed E-state index contributed by atoms with van der Waals surface area (Å²) in [6.07, 6.45) is 2.42. The van der Waals surface area contributed by atoms with E-state index in [0.717, 1.165) is 6.08 Å². The largest absolute Gasteiger partial charge is 0.497 e. The molecule has 0 radical (unpaired) electrons. The average Bonchev–Trinajstić information content (AvgIpc) is 2.52. The number of aliphatic imine (C=N–C) groups is 1. The van der Waals surface area contributed by atoms with Gasteiger partial charge in [0.1, 0.15) is 11.5 Å². The van der Waals surface area contributed by atoms with Crippen LogP contribution in [0.2, 0.25) is 0 Å². The van der Waals surface area contributed by atoms with Gasteiger partial charge in [-0.3, -0.25) is 0 Å². The molecule has 0 aliphatic heterocycles. The summed E-state index contributed by atoms with van der Waals surface area (Å²) in [4.78, 5) is 27.4. The molecule has 0 unspecified atom stereocenters. The summed E-state index contributed by atoms with van der Waals surface area (Å²) < 4.78 is 14.7. The molecule has 0 atom stereocenters. The van der Waals surface area contributed by atoms with Crippen molar-refractivity contribution in [1.82, 2.24) is 0 Å². The summed E-state index contributed by atoms with van der Waals surface area (Å²) in [7, 11) is 1.56. The van der Waals surface area contributed by atoms with Crippen LogP contribution in [0.4, 0.5) is 5.69 Å². The van der Waals surface area contributed by atoms with Gasteiger partial charge in [0.15, 0.2) is 0 Å². The maximum absolute atomic E-state index is 11.9. The van der Waals surface area contributed by atoms with Gasteiger partial charge in [0.05, 0.1) is 26.0 Å². The molecule has 6 nitrogen and oxygen atoms in total. The zero-order valence-electron chi connectivity index (χ0n) is 12.9. The molecule has 0 fully saturated rings. The first-order chi connectivity index (χ1) is 10.6. The zero-order chi connectivity index (χ0) is 16.4. The van der Waals surface area contributed by atoms with Crippen LogP contribution < -0.4 is 4.74 Å². The predicted octanol–water partition coefficient (Wildman–Crippen LogP) is 2.45. The van der Waals surface area contributed by atoms with Crippen LogP contribution in [0.5, 0.6) is 5.75 Å². The second kappa shape index (κ2) is 9.33. The van der Waals surface area contributed by atoms with Crippen molar-refractivity contribution in [3.63, 3.8) is 0 Å². The van der Waals surface area contributed by atoms with Gasteiger partial charge in [0, 0.05) is 6.08 Å². The summed E-state index contributed by atoms with van der Waals surface area (Å²) in [5, 5.41) is 0. The van der Waals surface area contributed by atoms with E-state index in [1.165, 1.54) is 6.08 Å². The fraction of sp³-hybridized carbons (Fsp3) is 0.312. The molecule has 0 aliphatic carbocycles. The molecule has 0 bridgehead atoms. The fourth-order valence-electron chi connectivity index (χ4n) is 1.49. The maximum atomic E-state index is 11.9. The Morgan fingerprint density at radius 2 is 1.68 bits per heavy atom. The van der Waals surface area contributed by atoms with Gasteiger partial charge in [-0.15, -0.1) is 0 Å². The number of rotatable bonds is 7. The number of hydrogen-bond acceptors (Lipinski definition) is 6. The van der Waals surface area contributed by atoms with Crippen molar-refractivity contribution in [3.05, 3.63) is 36.4 Å². The lowest BCUT2D eigenvalue weighted by Gasteiger charge is -2.03. The van der Waals surface area contributed by atoms with Crippen molar-refractivity contribution >= 4 is 23.3 Å². The molecule has 1 aromatic rings. The molecule has 0 amide bonds. The quantitative estimate of drug-likeness (QED) is 0.439. The fourth-order valence-corrected chi connectivity index (χ4v) is 1.49. The Morgan fingerprint density at radius 3 is 2.23 bits per heavy atom. The number of esters is 2. The van der Waals surface area contributed by atoms with Crippen LogP contribution in [0.1, 0.15) is 13.8 Å². The van der Waals surface area contributed by atoms with Crippen LogP contribution in [0.25, 0.3) is 0 Å². The second-order valence-electron chi connectivity index (χ2n) is 4.00. The number of ether oxygens (including phenoxy) is 3. The first-order valence-corrected chi connectivity index (χ1v) is 6.85. The Morgan fingerprint density at radius 1 is 1.05 bits per heavy atom. The van der Waals surface area contributed by atoms with Crippen LogP contribution in [-0.2, 0) is 19.1 Å². The molecule has 1 aromatic carbocycles. The molecule has 0 saturated heterocycles. The van der Waals surface area contributed by atoms with Gasteiger partial charge < -0.3 is 14.2 Å². The Bertz CT molecular complexity index is 560. The van der Waals surface area contributed by atoms with Gasteiger partial charge in [-0.2, -0.15) is 0 Å². The summed E-state index contributed by atoms with van der Waals surface area (Å²) in [6, 6.07) is 6.82. The molecule has 0 spiro atoms. The highest BCUT2D eigenvalue weighted by molar-refractivity contribution is 6.42. The molecule has 0 saturated carbocycles.